The number of benzene rings is 1. The largest absolute Gasteiger partial charge is 0.337 e. The second-order valence-corrected chi connectivity index (χ2v) is 8.92. The van der Waals surface area contributed by atoms with Crippen molar-refractivity contribution in [3.63, 3.8) is 0 Å². The molecule has 0 saturated carbocycles. The number of hydrogen-bond acceptors (Lipinski definition) is 4. The van der Waals surface area contributed by atoms with Gasteiger partial charge in [0.25, 0.3) is 5.91 Å². The monoisotopic (exact) mass is 405 g/mol. The van der Waals surface area contributed by atoms with Crippen LogP contribution in [0, 0.1) is 20.8 Å². The SMILES string of the molecule is Cc1cccc(Cc2cc(C)nc([C@@H]3CCCN(C(=O)c4scnc4C)C3)c2)c1. The van der Waals surface area contributed by atoms with Gasteiger partial charge in [-0.05, 0) is 63.3 Å². The summed E-state index contributed by atoms with van der Waals surface area (Å²) in [5.74, 6) is 0.402. The number of likely N-dealkylation sites (tertiary alicyclic amines) is 1. The summed E-state index contributed by atoms with van der Waals surface area (Å²) in [7, 11) is 0. The highest BCUT2D eigenvalue weighted by Gasteiger charge is 2.28. The van der Waals surface area contributed by atoms with Crippen molar-refractivity contribution in [2.24, 2.45) is 0 Å². The molecule has 0 radical (unpaired) electrons. The molecule has 1 aromatic carbocycles. The van der Waals surface area contributed by atoms with Crippen LogP contribution in [0.15, 0.2) is 41.9 Å². The molecule has 3 aromatic rings. The van der Waals surface area contributed by atoms with Crippen molar-refractivity contribution in [3.8, 4) is 0 Å². The minimum absolute atomic E-state index is 0.113. The van der Waals surface area contributed by atoms with Crippen molar-refractivity contribution in [3.05, 3.63) is 80.6 Å². The number of aromatic nitrogens is 2. The molecule has 1 aliphatic heterocycles. The average molecular weight is 406 g/mol. The lowest BCUT2D eigenvalue weighted by molar-refractivity contribution is 0.0710. The highest BCUT2D eigenvalue weighted by Crippen LogP contribution is 2.29. The molecule has 0 N–H and O–H groups in total. The molecule has 1 aliphatic rings. The zero-order chi connectivity index (χ0) is 20.4. The van der Waals surface area contributed by atoms with Gasteiger partial charge in [0, 0.05) is 30.4 Å². The summed E-state index contributed by atoms with van der Waals surface area (Å²) in [6, 6.07) is 13.1. The van der Waals surface area contributed by atoms with Gasteiger partial charge in [0.15, 0.2) is 0 Å². The van der Waals surface area contributed by atoms with E-state index in [4.69, 9.17) is 4.98 Å². The number of nitrogens with zero attached hydrogens (tertiary/aromatic N) is 3. The maximum atomic E-state index is 12.9. The van der Waals surface area contributed by atoms with Crippen LogP contribution < -0.4 is 0 Å². The Morgan fingerprint density at radius 2 is 2.03 bits per heavy atom. The molecule has 0 spiro atoms. The van der Waals surface area contributed by atoms with Crippen LogP contribution in [0.1, 0.15) is 62.2 Å². The predicted octanol–water partition coefficient (Wildman–Crippen LogP) is 5.07. The first-order valence-electron chi connectivity index (χ1n) is 10.2. The number of aryl methyl sites for hydroxylation is 3. The molecular formula is C24H27N3OS. The van der Waals surface area contributed by atoms with Gasteiger partial charge in [-0.15, -0.1) is 11.3 Å². The van der Waals surface area contributed by atoms with E-state index in [-0.39, 0.29) is 11.8 Å². The fraction of sp³-hybridized carbons (Fsp3) is 0.375. The molecule has 1 fully saturated rings. The lowest BCUT2D eigenvalue weighted by atomic mass is 9.92. The highest BCUT2D eigenvalue weighted by atomic mass is 32.1. The Balaban J connectivity index is 1.53. The van der Waals surface area contributed by atoms with Crippen LogP contribution in [0.3, 0.4) is 0 Å². The molecule has 1 saturated heterocycles. The first kappa shape index (κ1) is 19.8. The van der Waals surface area contributed by atoms with Crippen LogP contribution in [-0.2, 0) is 6.42 Å². The minimum atomic E-state index is 0.113. The van der Waals surface area contributed by atoms with E-state index in [2.05, 4.69) is 55.2 Å². The van der Waals surface area contributed by atoms with Gasteiger partial charge in [0.05, 0.1) is 11.2 Å². The van der Waals surface area contributed by atoms with Gasteiger partial charge in [0.2, 0.25) is 0 Å². The van der Waals surface area contributed by atoms with E-state index in [0.29, 0.717) is 0 Å². The quantitative estimate of drug-likeness (QED) is 0.608. The number of thiazole rings is 1. The second kappa shape index (κ2) is 8.46. The molecule has 3 heterocycles. The Morgan fingerprint density at radius 1 is 1.17 bits per heavy atom. The van der Waals surface area contributed by atoms with Crippen LogP contribution in [0.4, 0.5) is 0 Å². The summed E-state index contributed by atoms with van der Waals surface area (Å²) in [6.45, 7) is 7.65. The number of carbonyl (C=O) groups excluding carboxylic acids is 1. The van der Waals surface area contributed by atoms with Crippen molar-refractivity contribution in [1.82, 2.24) is 14.9 Å². The van der Waals surface area contributed by atoms with Gasteiger partial charge in [-0.3, -0.25) is 9.78 Å². The fourth-order valence-corrected chi connectivity index (χ4v) is 4.96. The third-order valence-electron chi connectivity index (χ3n) is 5.59. The second-order valence-electron chi connectivity index (χ2n) is 8.06. The zero-order valence-electron chi connectivity index (χ0n) is 17.3. The van der Waals surface area contributed by atoms with Gasteiger partial charge in [-0.25, -0.2) is 4.98 Å². The van der Waals surface area contributed by atoms with Crippen molar-refractivity contribution < 1.29 is 4.79 Å². The van der Waals surface area contributed by atoms with Gasteiger partial charge >= 0.3 is 0 Å². The van der Waals surface area contributed by atoms with Gasteiger partial charge in [-0.2, -0.15) is 0 Å². The Bertz CT molecular complexity index is 1030. The maximum Gasteiger partial charge on any atom is 0.265 e. The van der Waals surface area contributed by atoms with Crippen LogP contribution in [0.2, 0.25) is 0 Å². The fourth-order valence-electron chi connectivity index (χ4n) is 4.19. The summed E-state index contributed by atoms with van der Waals surface area (Å²) in [5, 5.41) is 0. The molecular weight excluding hydrogens is 378 g/mol. The summed E-state index contributed by atoms with van der Waals surface area (Å²) in [6.07, 6.45) is 3.00. The number of carbonyl (C=O) groups is 1. The van der Waals surface area contributed by atoms with E-state index in [1.165, 1.54) is 28.0 Å². The Kier molecular flexibility index (Phi) is 5.76. The minimum Gasteiger partial charge on any atom is -0.337 e. The highest BCUT2D eigenvalue weighted by molar-refractivity contribution is 7.11. The molecule has 0 aliphatic carbocycles. The topological polar surface area (TPSA) is 46.1 Å². The van der Waals surface area contributed by atoms with Crippen molar-refractivity contribution in [1.29, 1.82) is 0 Å². The van der Waals surface area contributed by atoms with E-state index >= 15 is 0 Å². The third kappa shape index (κ3) is 4.56. The summed E-state index contributed by atoms with van der Waals surface area (Å²) in [5.41, 5.74) is 8.65. The average Bonchev–Trinajstić information content (AvgIpc) is 3.13. The van der Waals surface area contributed by atoms with Crippen molar-refractivity contribution in [2.75, 3.05) is 13.1 Å². The molecule has 2 aromatic heterocycles. The molecule has 1 atom stereocenters. The number of amides is 1. The first-order chi connectivity index (χ1) is 14.0. The van der Waals surface area contributed by atoms with Crippen LogP contribution in [0.5, 0.6) is 0 Å². The Morgan fingerprint density at radius 3 is 2.79 bits per heavy atom. The number of hydrogen-bond donors (Lipinski definition) is 0. The normalized spacial score (nSPS) is 16.8. The molecule has 5 heteroatoms. The number of piperidine rings is 1. The molecule has 4 rings (SSSR count). The van der Waals surface area contributed by atoms with Gasteiger partial charge in [-0.1, -0.05) is 29.8 Å². The summed E-state index contributed by atoms with van der Waals surface area (Å²) in [4.78, 5) is 24.8. The van der Waals surface area contributed by atoms with E-state index < -0.39 is 0 Å². The maximum absolute atomic E-state index is 12.9. The summed E-state index contributed by atoms with van der Waals surface area (Å²) < 4.78 is 0. The predicted molar refractivity (Wildman–Crippen MR) is 118 cm³/mol. The van der Waals surface area contributed by atoms with E-state index in [9.17, 15) is 4.79 Å². The van der Waals surface area contributed by atoms with Crippen LogP contribution in [-0.4, -0.2) is 33.9 Å². The first-order valence-corrected chi connectivity index (χ1v) is 11.1. The van der Waals surface area contributed by atoms with E-state index in [0.717, 1.165) is 54.3 Å². The van der Waals surface area contributed by atoms with E-state index in [1.54, 1.807) is 5.51 Å². The lowest BCUT2D eigenvalue weighted by Crippen LogP contribution is -2.39. The van der Waals surface area contributed by atoms with Crippen molar-refractivity contribution >= 4 is 17.2 Å². The molecule has 29 heavy (non-hydrogen) atoms. The van der Waals surface area contributed by atoms with Gasteiger partial charge in [0.1, 0.15) is 4.88 Å². The zero-order valence-corrected chi connectivity index (χ0v) is 18.1. The molecule has 1 amide bonds. The molecule has 0 unspecified atom stereocenters. The standard InChI is InChI=1S/C24H27N3OS/c1-16-6-4-7-19(10-16)12-20-11-17(2)26-22(13-20)21-8-5-9-27(14-21)24(28)23-18(3)25-15-29-23/h4,6-7,10-11,13,15,21H,5,8-9,12,14H2,1-3H3/t21-/m1/s1. The third-order valence-corrected chi connectivity index (χ3v) is 6.51. The molecule has 4 nitrogen and oxygen atoms in total. The van der Waals surface area contributed by atoms with Crippen molar-refractivity contribution in [2.45, 2.75) is 46.0 Å². The lowest BCUT2D eigenvalue weighted by Gasteiger charge is -2.32. The van der Waals surface area contributed by atoms with Crippen LogP contribution in [0.25, 0.3) is 0 Å². The van der Waals surface area contributed by atoms with Gasteiger partial charge < -0.3 is 4.90 Å². The number of rotatable bonds is 4. The number of pyridine rings is 1. The summed E-state index contributed by atoms with van der Waals surface area (Å²) >= 11 is 1.44. The van der Waals surface area contributed by atoms with E-state index in [1.807, 2.05) is 11.8 Å². The Labute approximate surface area is 176 Å². The molecule has 0 bridgehead atoms. The smallest absolute Gasteiger partial charge is 0.265 e. The molecule has 150 valence electrons. The van der Waals surface area contributed by atoms with Crippen LogP contribution >= 0.6 is 11.3 Å². The Hall–Kier alpha value is -2.53.